The summed E-state index contributed by atoms with van der Waals surface area (Å²) in [4.78, 5) is 19.6. The lowest BCUT2D eigenvalue weighted by molar-refractivity contribution is -0.189. The zero-order valence-electron chi connectivity index (χ0n) is 16.2. The van der Waals surface area contributed by atoms with Crippen molar-refractivity contribution in [3.63, 3.8) is 0 Å². The Morgan fingerprint density at radius 2 is 2.00 bits per heavy atom. The number of aliphatic carboxylic acids is 1. The van der Waals surface area contributed by atoms with Crippen molar-refractivity contribution in [1.82, 2.24) is 9.97 Å². The molecule has 1 aromatic heterocycles. The van der Waals surface area contributed by atoms with E-state index in [1.165, 1.54) is 12.4 Å². The molecule has 0 aliphatic rings. The van der Waals surface area contributed by atoms with Gasteiger partial charge in [0, 0.05) is 15.9 Å². The molecule has 0 unspecified atom stereocenters. The maximum Gasteiger partial charge on any atom is 0.425 e. The lowest BCUT2D eigenvalue weighted by Gasteiger charge is -2.21. The minimum atomic E-state index is -4.64. The van der Waals surface area contributed by atoms with Crippen LogP contribution in [0.3, 0.4) is 0 Å². The molecule has 11 heteroatoms. The number of fused-ring (bicyclic) bond motifs is 1. The minimum absolute atomic E-state index is 0.0552. The summed E-state index contributed by atoms with van der Waals surface area (Å²) in [6.45, 7) is 2.50. The molecule has 3 rings (SSSR count). The van der Waals surface area contributed by atoms with Crippen molar-refractivity contribution in [2.75, 3.05) is 5.32 Å². The second-order valence-corrected chi connectivity index (χ2v) is 7.57. The number of hydrogen-bond acceptors (Lipinski definition) is 5. The standard InChI is InChI=1S/C20H16BrF4N3O3/c1-9-12(6-17(29)30)13(21)7-15-18(9)19(27-8-26-15)28-14-4-3-11(22)5-16(14)31-10(2)20(23,24)25/h3-5,7-8,10H,6H2,1-2H3,(H,29,30)(H,26,27,28)/t10-/m1/s1. The summed E-state index contributed by atoms with van der Waals surface area (Å²) < 4.78 is 58.0. The van der Waals surface area contributed by atoms with E-state index in [2.05, 4.69) is 31.2 Å². The molecule has 0 saturated heterocycles. The average Bonchev–Trinajstić information content (AvgIpc) is 2.66. The lowest BCUT2D eigenvalue weighted by Crippen LogP contribution is -2.31. The molecule has 0 aliphatic carbocycles. The second kappa shape index (κ2) is 8.66. The van der Waals surface area contributed by atoms with Gasteiger partial charge in [-0.3, -0.25) is 4.79 Å². The molecular weight excluding hydrogens is 486 g/mol. The molecule has 0 amide bonds. The van der Waals surface area contributed by atoms with E-state index in [1.54, 1.807) is 13.0 Å². The number of ether oxygens (including phenoxy) is 1. The molecule has 3 aromatic rings. The fourth-order valence-electron chi connectivity index (χ4n) is 2.96. The number of nitrogens with zero attached hydrogens (tertiary/aromatic N) is 2. The summed E-state index contributed by atoms with van der Waals surface area (Å²) in [6.07, 6.45) is -5.82. The van der Waals surface area contributed by atoms with E-state index >= 15 is 0 Å². The minimum Gasteiger partial charge on any atom is -0.481 e. The average molecular weight is 502 g/mol. The highest BCUT2D eigenvalue weighted by molar-refractivity contribution is 9.10. The third-order valence-electron chi connectivity index (χ3n) is 4.55. The second-order valence-electron chi connectivity index (χ2n) is 6.72. The number of nitrogens with one attached hydrogen (secondary N) is 1. The Kier molecular flexibility index (Phi) is 6.35. The monoisotopic (exact) mass is 501 g/mol. The van der Waals surface area contributed by atoms with Gasteiger partial charge in [-0.25, -0.2) is 14.4 Å². The number of anilines is 2. The van der Waals surface area contributed by atoms with Crippen LogP contribution in [0.25, 0.3) is 10.9 Å². The van der Waals surface area contributed by atoms with Crippen LogP contribution in [0.4, 0.5) is 29.1 Å². The van der Waals surface area contributed by atoms with E-state index in [-0.39, 0.29) is 23.7 Å². The molecule has 0 radical (unpaired) electrons. The zero-order chi connectivity index (χ0) is 22.9. The van der Waals surface area contributed by atoms with Crippen LogP contribution < -0.4 is 10.1 Å². The zero-order valence-corrected chi connectivity index (χ0v) is 17.8. The topological polar surface area (TPSA) is 84.3 Å². The highest BCUT2D eigenvalue weighted by Crippen LogP contribution is 2.36. The van der Waals surface area contributed by atoms with Crippen molar-refractivity contribution < 1.29 is 32.2 Å². The van der Waals surface area contributed by atoms with E-state index in [0.717, 1.165) is 19.1 Å². The van der Waals surface area contributed by atoms with Gasteiger partial charge < -0.3 is 15.2 Å². The highest BCUT2D eigenvalue weighted by atomic mass is 79.9. The Labute approximate surface area is 182 Å². The largest absolute Gasteiger partial charge is 0.481 e. The normalized spacial score (nSPS) is 12.6. The van der Waals surface area contributed by atoms with Crippen LogP contribution >= 0.6 is 15.9 Å². The molecule has 6 nitrogen and oxygen atoms in total. The van der Waals surface area contributed by atoms with Gasteiger partial charge in [0.1, 0.15) is 23.7 Å². The molecule has 0 aliphatic heterocycles. The first kappa shape index (κ1) is 22.7. The molecule has 0 fully saturated rings. The van der Waals surface area contributed by atoms with Crippen molar-refractivity contribution in [3.8, 4) is 5.75 Å². The van der Waals surface area contributed by atoms with E-state index in [1.807, 2.05) is 0 Å². The Bertz CT molecular complexity index is 1150. The third-order valence-corrected chi connectivity index (χ3v) is 5.25. The van der Waals surface area contributed by atoms with Gasteiger partial charge >= 0.3 is 12.1 Å². The molecule has 1 heterocycles. The van der Waals surface area contributed by atoms with Gasteiger partial charge in [-0.15, -0.1) is 0 Å². The summed E-state index contributed by atoms with van der Waals surface area (Å²) >= 11 is 3.34. The van der Waals surface area contributed by atoms with Crippen molar-refractivity contribution in [3.05, 3.63) is 52.0 Å². The first-order chi connectivity index (χ1) is 14.5. The van der Waals surface area contributed by atoms with Gasteiger partial charge in [0.2, 0.25) is 0 Å². The number of rotatable bonds is 6. The van der Waals surface area contributed by atoms with E-state index in [9.17, 15) is 27.5 Å². The Morgan fingerprint density at radius 1 is 1.29 bits per heavy atom. The first-order valence-corrected chi connectivity index (χ1v) is 9.71. The summed E-state index contributed by atoms with van der Waals surface area (Å²) in [7, 11) is 0. The SMILES string of the molecule is Cc1c(CC(=O)O)c(Br)cc2ncnc(Nc3ccc(F)cc3O[C@H](C)C(F)(F)F)c12. The maximum absolute atomic E-state index is 13.7. The van der Waals surface area contributed by atoms with Crippen molar-refractivity contribution >= 4 is 44.3 Å². The van der Waals surface area contributed by atoms with Crippen LogP contribution in [0, 0.1) is 12.7 Å². The quantitative estimate of drug-likeness (QED) is 0.431. The molecule has 1 atom stereocenters. The molecule has 2 N–H and O–H groups in total. The predicted molar refractivity (Wildman–Crippen MR) is 109 cm³/mol. The van der Waals surface area contributed by atoms with Gasteiger partial charge in [-0.1, -0.05) is 15.9 Å². The summed E-state index contributed by atoms with van der Waals surface area (Å²) in [5.74, 6) is -1.95. The third kappa shape index (κ3) is 5.04. The Morgan fingerprint density at radius 3 is 2.65 bits per heavy atom. The van der Waals surface area contributed by atoms with Crippen molar-refractivity contribution in [2.24, 2.45) is 0 Å². The molecule has 0 spiro atoms. The van der Waals surface area contributed by atoms with Crippen LogP contribution in [-0.2, 0) is 11.2 Å². The van der Waals surface area contributed by atoms with Crippen LogP contribution in [0.15, 0.2) is 35.1 Å². The Hall–Kier alpha value is -2.95. The number of hydrogen-bond donors (Lipinski definition) is 2. The maximum atomic E-state index is 13.7. The van der Waals surface area contributed by atoms with Gasteiger partial charge in [0.05, 0.1) is 17.6 Å². The molecule has 0 saturated carbocycles. The number of aromatic nitrogens is 2. The van der Waals surface area contributed by atoms with Crippen molar-refractivity contribution in [2.45, 2.75) is 32.5 Å². The number of aryl methyl sites for hydroxylation is 1. The number of carboxylic acids is 1. The number of carboxylic acid groups (broad SMARTS) is 1. The fraction of sp³-hybridized carbons (Fsp3) is 0.250. The van der Waals surface area contributed by atoms with Gasteiger partial charge in [0.25, 0.3) is 0 Å². The molecular formula is C20H16BrF4N3O3. The predicted octanol–water partition coefficient (Wildman–Crippen LogP) is 5.54. The van der Waals surface area contributed by atoms with Gasteiger partial charge in [0.15, 0.2) is 6.10 Å². The molecule has 164 valence electrons. The van der Waals surface area contributed by atoms with Gasteiger partial charge in [-0.05, 0) is 43.2 Å². The van der Waals surface area contributed by atoms with E-state index in [4.69, 9.17) is 4.74 Å². The summed E-state index contributed by atoms with van der Waals surface area (Å²) in [5, 5.41) is 12.5. The molecule has 0 bridgehead atoms. The number of alkyl halides is 3. The van der Waals surface area contributed by atoms with Crippen molar-refractivity contribution in [1.29, 1.82) is 0 Å². The number of halogens is 5. The van der Waals surface area contributed by atoms with E-state index < -0.39 is 24.1 Å². The smallest absolute Gasteiger partial charge is 0.425 e. The van der Waals surface area contributed by atoms with Crippen LogP contribution in [0.1, 0.15) is 18.1 Å². The lowest BCUT2D eigenvalue weighted by atomic mass is 10.0. The summed E-state index contributed by atoms with van der Waals surface area (Å²) in [6, 6.07) is 4.76. The van der Waals surface area contributed by atoms with Crippen LogP contribution in [0.2, 0.25) is 0 Å². The van der Waals surface area contributed by atoms with Gasteiger partial charge in [-0.2, -0.15) is 13.2 Å². The molecule has 2 aromatic carbocycles. The highest BCUT2D eigenvalue weighted by Gasteiger charge is 2.38. The van der Waals surface area contributed by atoms with E-state index in [0.29, 0.717) is 26.5 Å². The first-order valence-electron chi connectivity index (χ1n) is 8.91. The number of benzene rings is 2. The van der Waals surface area contributed by atoms with Crippen LogP contribution in [0.5, 0.6) is 5.75 Å². The number of carbonyl (C=O) groups is 1. The Balaban J connectivity index is 2.09. The molecule has 31 heavy (non-hydrogen) atoms. The van der Waals surface area contributed by atoms with Crippen LogP contribution in [-0.4, -0.2) is 33.3 Å². The fourth-order valence-corrected chi connectivity index (χ4v) is 3.61. The summed E-state index contributed by atoms with van der Waals surface area (Å²) in [5.41, 5.74) is 1.60.